The molecule has 0 bridgehead atoms. The summed E-state index contributed by atoms with van der Waals surface area (Å²) in [6.07, 6.45) is 6.72. The average molecular weight is 566 g/mol. The predicted octanol–water partition coefficient (Wildman–Crippen LogP) is 0.996. The van der Waals surface area contributed by atoms with Crippen LogP contribution in [0.2, 0.25) is 0 Å². The summed E-state index contributed by atoms with van der Waals surface area (Å²) in [4.78, 5) is 36.5. The molecule has 3 aromatic heterocycles. The smallest absolute Gasteiger partial charge is 0.436 e. The van der Waals surface area contributed by atoms with E-state index in [0.717, 1.165) is 5.69 Å². The molecule has 0 radical (unpaired) electrons. The summed E-state index contributed by atoms with van der Waals surface area (Å²) in [6, 6.07) is 6.46. The van der Waals surface area contributed by atoms with E-state index < -0.39 is 27.7 Å². The van der Waals surface area contributed by atoms with Gasteiger partial charge in [0.2, 0.25) is 0 Å². The van der Waals surface area contributed by atoms with E-state index in [2.05, 4.69) is 35.9 Å². The molecular formula is C26H27N7O6S. The fourth-order valence-electron chi connectivity index (χ4n) is 5.23. The van der Waals surface area contributed by atoms with Crippen LogP contribution in [0.5, 0.6) is 0 Å². The number of amides is 1. The number of H-pyrrole nitrogens is 2. The lowest BCUT2D eigenvalue weighted by Gasteiger charge is -2.40. The van der Waals surface area contributed by atoms with Crippen LogP contribution in [-0.4, -0.2) is 75.4 Å². The van der Waals surface area contributed by atoms with E-state index in [1.165, 1.54) is 4.31 Å². The lowest BCUT2D eigenvalue weighted by molar-refractivity contribution is 0.0509. The Morgan fingerprint density at radius 3 is 2.88 bits per heavy atom. The van der Waals surface area contributed by atoms with Gasteiger partial charge in [0.15, 0.2) is 5.82 Å². The van der Waals surface area contributed by atoms with Crippen molar-refractivity contribution in [2.45, 2.75) is 49.8 Å². The van der Waals surface area contributed by atoms with Crippen LogP contribution in [0.15, 0.2) is 43.0 Å². The Bertz CT molecular complexity index is 1790. The molecule has 1 saturated heterocycles. The maximum absolute atomic E-state index is 13.7. The minimum atomic E-state index is -3.93. The van der Waals surface area contributed by atoms with Crippen molar-refractivity contribution in [2.24, 2.45) is 0 Å². The number of hydrogen-bond donors (Lipinski definition) is 3. The molecule has 4 aromatic rings. The highest BCUT2D eigenvalue weighted by Crippen LogP contribution is 2.27. The maximum Gasteiger partial charge on any atom is 0.438 e. The number of sulfonamides is 1. The summed E-state index contributed by atoms with van der Waals surface area (Å²) in [5.74, 6) is 2.38. The van der Waals surface area contributed by atoms with Crippen molar-refractivity contribution in [3.8, 4) is 12.3 Å². The summed E-state index contributed by atoms with van der Waals surface area (Å²) in [5.41, 5.74) is 2.04. The number of oxazole rings is 1. The fourth-order valence-corrected chi connectivity index (χ4v) is 6.71. The lowest BCUT2D eigenvalue weighted by Crippen LogP contribution is -2.56. The molecule has 1 amide bonds. The first-order chi connectivity index (χ1) is 19.2. The molecule has 13 nitrogen and oxygen atoms in total. The van der Waals surface area contributed by atoms with Gasteiger partial charge in [-0.05, 0) is 37.6 Å². The number of carbonyl (C=O) groups excluding carboxylic acids is 1. The van der Waals surface area contributed by atoms with Gasteiger partial charge < -0.3 is 19.6 Å². The van der Waals surface area contributed by atoms with Crippen molar-refractivity contribution >= 4 is 26.8 Å². The third-order valence-corrected chi connectivity index (χ3v) is 9.15. The van der Waals surface area contributed by atoms with E-state index >= 15 is 0 Å². The predicted molar refractivity (Wildman–Crippen MR) is 142 cm³/mol. The van der Waals surface area contributed by atoms with Crippen LogP contribution in [-0.2, 0) is 29.4 Å². The Balaban J connectivity index is 1.27. The van der Waals surface area contributed by atoms with E-state index in [4.69, 9.17) is 10.8 Å². The van der Waals surface area contributed by atoms with Crippen LogP contribution >= 0.6 is 0 Å². The van der Waals surface area contributed by atoms with Gasteiger partial charge in [-0.2, -0.15) is 4.31 Å². The van der Waals surface area contributed by atoms with Gasteiger partial charge in [0.25, 0.3) is 15.9 Å². The van der Waals surface area contributed by atoms with E-state index in [-0.39, 0.29) is 43.0 Å². The quantitative estimate of drug-likeness (QED) is 0.289. The van der Waals surface area contributed by atoms with Gasteiger partial charge in [0.1, 0.15) is 10.8 Å². The molecule has 2 aliphatic heterocycles. The van der Waals surface area contributed by atoms with Crippen LogP contribution < -0.4 is 11.1 Å². The molecule has 2 unspecified atom stereocenters. The van der Waals surface area contributed by atoms with E-state index in [1.54, 1.807) is 29.2 Å². The summed E-state index contributed by atoms with van der Waals surface area (Å²) in [6.45, 7) is 2.75. The molecule has 40 heavy (non-hydrogen) atoms. The number of benzene rings is 1. The van der Waals surface area contributed by atoms with E-state index in [1.807, 2.05) is 6.92 Å². The molecular weight excluding hydrogens is 538 g/mol. The molecule has 6 rings (SSSR count). The number of aromatic amines is 2. The van der Waals surface area contributed by atoms with E-state index in [9.17, 15) is 18.0 Å². The van der Waals surface area contributed by atoms with Gasteiger partial charge in [-0.15, -0.1) is 6.42 Å². The Morgan fingerprint density at radius 2 is 2.10 bits per heavy atom. The second-order valence-corrected chi connectivity index (χ2v) is 12.0. The second-order valence-electron chi connectivity index (χ2n) is 10.1. The summed E-state index contributed by atoms with van der Waals surface area (Å²) < 4.78 is 39.1. The number of nitrogens with one attached hydrogen (secondary N) is 3. The third-order valence-electron chi connectivity index (χ3n) is 7.36. The van der Waals surface area contributed by atoms with Crippen LogP contribution in [0.1, 0.15) is 46.9 Å². The number of nitrogens with zero attached hydrogens (tertiary/aromatic N) is 4. The average Bonchev–Trinajstić information content (AvgIpc) is 3.68. The Morgan fingerprint density at radius 1 is 1.25 bits per heavy atom. The number of terminal acetylenes is 1. The zero-order valence-corrected chi connectivity index (χ0v) is 22.5. The van der Waals surface area contributed by atoms with Gasteiger partial charge in [0.05, 0.1) is 12.2 Å². The van der Waals surface area contributed by atoms with Crippen molar-refractivity contribution in [1.82, 2.24) is 34.6 Å². The summed E-state index contributed by atoms with van der Waals surface area (Å²) in [5, 5.41) is 7.71. The first-order valence-corrected chi connectivity index (χ1v) is 14.3. The van der Waals surface area contributed by atoms with Gasteiger partial charge in [-0.25, -0.2) is 18.2 Å². The molecule has 0 spiro atoms. The van der Waals surface area contributed by atoms with E-state index in [0.29, 0.717) is 47.4 Å². The molecule has 5 heterocycles. The molecule has 14 heteroatoms. The first kappa shape index (κ1) is 26.1. The number of aromatic nitrogens is 4. The van der Waals surface area contributed by atoms with Crippen molar-refractivity contribution in [2.75, 3.05) is 19.6 Å². The minimum Gasteiger partial charge on any atom is -0.436 e. The Labute approximate surface area is 229 Å². The van der Waals surface area contributed by atoms with Crippen molar-refractivity contribution in [3.05, 3.63) is 63.5 Å². The SMILES string of the molecule is C#Cc1ccc2[nH]c(S(=O)(=O)N3CCN(C(=O)c4nc5c(o4)CNC(C)C5)C(CCc4noc(=O)[nH]4)C3)cc2c1. The minimum absolute atomic E-state index is 0.0167. The van der Waals surface area contributed by atoms with Crippen molar-refractivity contribution in [3.63, 3.8) is 0 Å². The van der Waals surface area contributed by atoms with Gasteiger partial charge in [-0.3, -0.25) is 14.3 Å². The monoisotopic (exact) mass is 565 g/mol. The second kappa shape index (κ2) is 10.1. The largest absolute Gasteiger partial charge is 0.438 e. The fraction of sp³-hybridized carbons (Fsp3) is 0.385. The molecule has 1 fully saturated rings. The number of hydrogen-bond acceptors (Lipinski definition) is 9. The zero-order chi connectivity index (χ0) is 28.0. The number of aryl methyl sites for hydroxylation is 1. The molecule has 2 aliphatic rings. The standard InChI is InChI=1S/C26H27N7O6S/c1-3-16-4-6-19-17(11-16)12-23(28-19)40(36,37)32-8-9-33(18(14-32)5-7-22-30-26(35)39-31-22)25(34)24-29-20-10-15(2)27-13-21(20)38-24/h1,4,6,11-12,15,18,27-28H,5,7-10,13-14H2,2H3,(H,30,31,35). The van der Waals surface area contributed by atoms with Crippen molar-refractivity contribution < 1.29 is 22.2 Å². The van der Waals surface area contributed by atoms with Crippen LogP contribution in [0, 0.1) is 12.3 Å². The molecule has 1 aromatic carbocycles. The van der Waals surface area contributed by atoms with Crippen LogP contribution in [0.3, 0.4) is 0 Å². The Kier molecular flexibility index (Phi) is 6.57. The number of rotatable bonds is 6. The van der Waals surface area contributed by atoms with Gasteiger partial charge in [0, 0.05) is 61.0 Å². The summed E-state index contributed by atoms with van der Waals surface area (Å²) in [7, 11) is -3.93. The van der Waals surface area contributed by atoms with Crippen LogP contribution in [0.4, 0.5) is 0 Å². The normalized spacial score (nSPS) is 19.9. The third kappa shape index (κ3) is 4.83. The number of fused-ring (bicyclic) bond motifs is 2. The highest BCUT2D eigenvalue weighted by molar-refractivity contribution is 7.89. The maximum atomic E-state index is 13.7. The number of carbonyl (C=O) groups is 1. The Hall–Kier alpha value is -4.19. The molecule has 0 saturated carbocycles. The van der Waals surface area contributed by atoms with Gasteiger partial charge in [-0.1, -0.05) is 11.1 Å². The highest BCUT2D eigenvalue weighted by Gasteiger charge is 2.39. The molecule has 2 atom stereocenters. The van der Waals surface area contributed by atoms with Gasteiger partial charge >= 0.3 is 11.7 Å². The highest BCUT2D eigenvalue weighted by atomic mass is 32.2. The molecule has 0 aliphatic carbocycles. The topological polar surface area (TPSA) is 170 Å². The first-order valence-electron chi connectivity index (χ1n) is 12.9. The molecule has 3 N–H and O–H groups in total. The van der Waals surface area contributed by atoms with Crippen molar-refractivity contribution in [1.29, 1.82) is 0 Å². The molecule has 208 valence electrons. The summed E-state index contributed by atoms with van der Waals surface area (Å²) >= 11 is 0. The van der Waals surface area contributed by atoms with Crippen LogP contribution in [0.25, 0.3) is 10.9 Å². The number of piperazine rings is 1. The lowest BCUT2D eigenvalue weighted by atomic mass is 10.1. The zero-order valence-electron chi connectivity index (χ0n) is 21.6.